The van der Waals surface area contributed by atoms with E-state index in [1.165, 1.54) is 4.31 Å². The van der Waals surface area contributed by atoms with Crippen LogP contribution in [0.15, 0.2) is 71.8 Å². The van der Waals surface area contributed by atoms with Gasteiger partial charge >= 0.3 is 0 Å². The molecule has 1 aromatic heterocycles. The molecular weight excluding hydrogens is 546 g/mol. The van der Waals surface area contributed by atoms with Gasteiger partial charge in [0.25, 0.3) is 0 Å². The summed E-state index contributed by atoms with van der Waals surface area (Å²) in [5, 5.41) is 6.66. The molecule has 0 spiro atoms. The molecule has 8 nitrogen and oxygen atoms in total. The maximum Gasteiger partial charge on any atom is 0.243 e. The molecule has 2 N–H and O–H groups in total. The van der Waals surface area contributed by atoms with Gasteiger partial charge < -0.3 is 5.32 Å². The highest BCUT2D eigenvalue weighted by Crippen LogP contribution is 2.23. The molecular formula is C33H47N5O3S. The van der Waals surface area contributed by atoms with Crippen LogP contribution in [0.25, 0.3) is 0 Å². The Kier molecular flexibility index (Phi) is 12.6. The highest BCUT2D eigenvalue weighted by atomic mass is 32.2. The minimum absolute atomic E-state index is 0.0323. The Balaban J connectivity index is 1.82. The van der Waals surface area contributed by atoms with Gasteiger partial charge in [-0.1, -0.05) is 88.1 Å². The monoisotopic (exact) mass is 593 g/mol. The lowest BCUT2D eigenvalue weighted by Crippen LogP contribution is -2.49. The van der Waals surface area contributed by atoms with Crippen LogP contribution in [0.4, 0.5) is 0 Å². The molecule has 42 heavy (non-hydrogen) atoms. The third kappa shape index (κ3) is 9.18. The molecule has 0 saturated carbocycles. The minimum Gasteiger partial charge on any atom is -0.355 e. The van der Waals surface area contributed by atoms with Crippen molar-refractivity contribution in [3.05, 3.63) is 89.5 Å². The van der Waals surface area contributed by atoms with Gasteiger partial charge in [0.1, 0.15) is 5.82 Å². The Morgan fingerprint density at radius 2 is 1.64 bits per heavy atom. The van der Waals surface area contributed by atoms with E-state index >= 15 is 0 Å². The third-order valence-corrected chi connectivity index (χ3v) is 9.56. The fourth-order valence-corrected chi connectivity index (χ4v) is 6.16. The second-order valence-electron chi connectivity index (χ2n) is 11.4. The van der Waals surface area contributed by atoms with E-state index in [2.05, 4.69) is 22.5 Å². The zero-order chi connectivity index (χ0) is 30.7. The van der Waals surface area contributed by atoms with E-state index in [-0.39, 0.29) is 22.8 Å². The molecule has 228 valence electrons. The lowest BCUT2D eigenvalue weighted by atomic mass is 9.98. The average Bonchev–Trinajstić information content (AvgIpc) is 2.97. The Bertz CT molecular complexity index is 1360. The van der Waals surface area contributed by atoms with E-state index < -0.39 is 22.1 Å². The number of carbonyl (C=O) groups is 1. The standard InChI is InChI=1S/C33H47N5O3S/c1-7-8-9-13-21-35-33(39)30(24(2)3)37-31(27-14-11-10-12-15-27)32-34-22-20-28(36-32)23-26(5)38(6)42(40,41)29-18-16-25(4)17-19-29/h10-12,14-20,22,24,26,30-31,37H,7-9,13,21,23H2,1-6H3,(H,35,39)/t26-,30-,31+/m0/s1. The summed E-state index contributed by atoms with van der Waals surface area (Å²) in [5.41, 5.74) is 2.68. The molecule has 1 heterocycles. The number of aromatic nitrogens is 2. The lowest BCUT2D eigenvalue weighted by molar-refractivity contribution is -0.124. The van der Waals surface area contributed by atoms with Crippen LogP contribution in [0.3, 0.4) is 0 Å². The summed E-state index contributed by atoms with van der Waals surface area (Å²) in [6.45, 7) is 10.7. The molecule has 3 rings (SSSR count). The number of carbonyl (C=O) groups excluding carboxylic acids is 1. The Hall–Kier alpha value is -3.14. The number of hydrogen-bond acceptors (Lipinski definition) is 6. The van der Waals surface area contributed by atoms with Gasteiger partial charge in [0.15, 0.2) is 0 Å². The molecule has 1 amide bonds. The molecule has 0 aliphatic heterocycles. The van der Waals surface area contributed by atoms with E-state index in [9.17, 15) is 13.2 Å². The molecule has 3 aromatic rings. The van der Waals surface area contributed by atoms with Gasteiger partial charge in [-0.15, -0.1) is 0 Å². The molecule has 0 fully saturated rings. The summed E-state index contributed by atoms with van der Waals surface area (Å²) in [7, 11) is -2.06. The number of likely N-dealkylation sites (N-methyl/N-ethyl adjacent to an activating group) is 1. The first-order chi connectivity index (χ1) is 20.0. The van der Waals surface area contributed by atoms with Crippen molar-refractivity contribution in [3.8, 4) is 0 Å². The second-order valence-corrected chi connectivity index (χ2v) is 13.4. The van der Waals surface area contributed by atoms with Gasteiger partial charge in [-0.05, 0) is 49.9 Å². The zero-order valence-electron chi connectivity index (χ0n) is 25.9. The SMILES string of the molecule is CCCCCCNC(=O)[C@@H](N[C@H](c1ccccc1)c1nccc(C[C@H](C)N(C)S(=O)(=O)c2ccc(C)cc2)n1)C(C)C. The summed E-state index contributed by atoms with van der Waals surface area (Å²) in [5.74, 6) is 0.544. The van der Waals surface area contributed by atoms with Crippen molar-refractivity contribution >= 4 is 15.9 Å². The van der Waals surface area contributed by atoms with E-state index in [1.54, 1.807) is 37.5 Å². The van der Waals surface area contributed by atoms with Gasteiger partial charge in [-0.25, -0.2) is 18.4 Å². The summed E-state index contributed by atoms with van der Waals surface area (Å²) in [4.78, 5) is 23.0. The molecule has 0 radical (unpaired) electrons. The number of sulfonamides is 1. The highest BCUT2D eigenvalue weighted by molar-refractivity contribution is 7.89. The molecule has 9 heteroatoms. The number of nitrogens with zero attached hydrogens (tertiary/aromatic N) is 3. The number of nitrogens with one attached hydrogen (secondary N) is 2. The smallest absolute Gasteiger partial charge is 0.243 e. The van der Waals surface area contributed by atoms with Crippen LogP contribution in [0.2, 0.25) is 0 Å². The normalized spacial score (nSPS) is 14.1. The predicted octanol–water partition coefficient (Wildman–Crippen LogP) is 5.44. The van der Waals surface area contributed by atoms with Crippen molar-refractivity contribution in [1.82, 2.24) is 24.9 Å². The Labute approximate surface area is 252 Å². The first-order valence-electron chi connectivity index (χ1n) is 15.0. The topological polar surface area (TPSA) is 104 Å². The fourth-order valence-electron chi connectivity index (χ4n) is 4.80. The van der Waals surface area contributed by atoms with Crippen molar-refractivity contribution in [2.24, 2.45) is 5.92 Å². The Morgan fingerprint density at radius 3 is 2.29 bits per heavy atom. The number of rotatable bonds is 16. The van der Waals surface area contributed by atoms with Gasteiger partial charge in [-0.3, -0.25) is 10.1 Å². The number of unbranched alkanes of at least 4 members (excludes halogenated alkanes) is 3. The van der Waals surface area contributed by atoms with Crippen molar-refractivity contribution in [3.63, 3.8) is 0 Å². The first kappa shape index (κ1) is 33.4. The summed E-state index contributed by atoms with van der Waals surface area (Å²) in [6.07, 6.45) is 6.49. The first-order valence-corrected chi connectivity index (χ1v) is 16.4. The third-order valence-electron chi connectivity index (χ3n) is 7.57. The quantitative estimate of drug-likeness (QED) is 0.215. The minimum atomic E-state index is -3.66. The van der Waals surface area contributed by atoms with E-state index in [1.807, 2.05) is 64.1 Å². The van der Waals surface area contributed by atoms with Gasteiger partial charge in [0, 0.05) is 37.9 Å². The molecule has 0 aliphatic carbocycles. The maximum absolute atomic E-state index is 13.3. The summed E-state index contributed by atoms with van der Waals surface area (Å²) >= 11 is 0. The molecule has 0 aliphatic rings. The maximum atomic E-state index is 13.3. The van der Waals surface area contributed by atoms with Crippen LogP contribution in [0.1, 0.15) is 82.1 Å². The lowest BCUT2D eigenvalue weighted by Gasteiger charge is -2.28. The van der Waals surface area contributed by atoms with E-state index in [0.29, 0.717) is 18.8 Å². The van der Waals surface area contributed by atoms with Crippen LogP contribution in [-0.2, 0) is 21.2 Å². The largest absolute Gasteiger partial charge is 0.355 e. The van der Waals surface area contributed by atoms with E-state index in [0.717, 1.165) is 42.5 Å². The number of amides is 1. The Morgan fingerprint density at radius 1 is 0.952 bits per heavy atom. The fraction of sp³-hybridized carbons (Fsp3) is 0.485. The zero-order valence-corrected chi connectivity index (χ0v) is 26.7. The van der Waals surface area contributed by atoms with Crippen LogP contribution >= 0.6 is 0 Å². The molecule has 0 saturated heterocycles. The summed E-state index contributed by atoms with van der Waals surface area (Å²) < 4.78 is 27.9. The number of hydrogen-bond donors (Lipinski definition) is 2. The van der Waals surface area contributed by atoms with Crippen LogP contribution in [0.5, 0.6) is 0 Å². The van der Waals surface area contributed by atoms with Crippen molar-refractivity contribution in [1.29, 1.82) is 0 Å². The van der Waals surface area contributed by atoms with Gasteiger partial charge in [0.05, 0.1) is 17.0 Å². The average molecular weight is 594 g/mol. The van der Waals surface area contributed by atoms with Gasteiger partial charge in [0.2, 0.25) is 15.9 Å². The van der Waals surface area contributed by atoms with Crippen molar-refractivity contribution in [2.75, 3.05) is 13.6 Å². The molecule has 2 aromatic carbocycles. The van der Waals surface area contributed by atoms with Crippen LogP contribution < -0.4 is 10.6 Å². The van der Waals surface area contributed by atoms with Crippen molar-refractivity contribution < 1.29 is 13.2 Å². The number of aryl methyl sites for hydroxylation is 1. The number of benzene rings is 2. The van der Waals surface area contributed by atoms with E-state index in [4.69, 9.17) is 4.98 Å². The van der Waals surface area contributed by atoms with Crippen molar-refractivity contribution in [2.45, 2.75) is 89.7 Å². The van der Waals surface area contributed by atoms with Gasteiger partial charge in [-0.2, -0.15) is 4.31 Å². The molecule has 3 atom stereocenters. The molecule has 0 unspecified atom stereocenters. The van der Waals surface area contributed by atoms with Crippen LogP contribution in [0, 0.1) is 12.8 Å². The predicted molar refractivity (Wildman–Crippen MR) is 169 cm³/mol. The second kappa shape index (κ2) is 15.9. The highest BCUT2D eigenvalue weighted by Gasteiger charge is 2.29. The molecule has 0 bridgehead atoms. The summed E-state index contributed by atoms with van der Waals surface area (Å²) in [6, 6.07) is 17.3. The van der Waals surface area contributed by atoms with Crippen LogP contribution in [-0.4, -0.2) is 54.3 Å².